The van der Waals surface area contributed by atoms with Crippen LogP contribution in [0.2, 0.25) is 10.0 Å². The summed E-state index contributed by atoms with van der Waals surface area (Å²) in [7, 11) is -1.91. The third-order valence-corrected chi connectivity index (χ3v) is 7.07. The Morgan fingerprint density at radius 1 is 1.30 bits per heavy atom. The van der Waals surface area contributed by atoms with Gasteiger partial charge in [-0.2, -0.15) is 0 Å². The molecule has 198 valence electrons. The summed E-state index contributed by atoms with van der Waals surface area (Å²) in [6, 6.07) is 7.28. The lowest BCUT2D eigenvalue weighted by Gasteiger charge is -2.18. The molecule has 12 heteroatoms. The number of carboxylic acid groups (broad SMARTS) is 1. The highest BCUT2D eigenvalue weighted by molar-refractivity contribution is 7.86. The van der Waals surface area contributed by atoms with Crippen molar-refractivity contribution in [2.24, 2.45) is 0 Å². The largest absolute Gasteiger partial charge is 0.480 e. The average molecular weight is 587 g/mol. The van der Waals surface area contributed by atoms with Crippen LogP contribution in [0, 0.1) is 18.2 Å². The minimum Gasteiger partial charge on any atom is -0.480 e. The summed E-state index contributed by atoms with van der Waals surface area (Å²) in [4.78, 5) is 16.5. The zero-order valence-electron chi connectivity index (χ0n) is 20.2. The van der Waals surface area contributed by atoms with E-state index in [0.29, 0.717) is 35.3 Å². The van der Waals surface area contributed by atoms with Crippen molar-refractivity contribution in [3.05, 3.63) is 63.3 Å². The van der Waals surface area contributed by atoms with E-state index in [4.69, 9.17) is 39.5 Å². The molecule has 0 spiro atoms. The standard InChI is InChI=1S/C23H20Cl2FN3O4S2.C2H6/c1-2-8-29(14-22(30)31)9-3-4-15-11-16(24)5-6-19(15)33-20-13-18(26)21(12-17(20)25)35(32)28-23-27-7-10-34-23;1-2/h1,5-7,10-13H,3-4,8-9,14H2,(H,27,28)(H,30,31);1-2H3. The Morgan fingerprint density at radius 2 is 2.05 bits per heavy atom. The number of carboxylic acids is 1. The number of benzene rings is 2. The van der Waals surface area contributed by atoms with Crippen LogP contribution < -0.4 is 9.46 Å². The molecular formula is C25H26Cl2FN3O4S2. The van der Waals surface area contributed by atoms with E-state index in [0.717, 1.165) is 11.6 Å². The predicted octanol–water partition coefficient (Wildman–Crippen LogP) is 6.49. The number of carbonyl (C=O) groups is 1. The van der Waals surface area contributed by atoms with Crippen molar-refractivity contribution in [1.82, 2.24) is 9.88 Å². The van der Waals surface area contributed by atoms with E-state index in [1.54, 1.807) is 28.5 Å². The van der Waals surface area contributed by atoms with Gasteiger partial charge in [-0.05, 0) is 42.7 Å². The summed E-state index contributed by atoms with van der Waals surface area (Å²) in [6.45, 7) is 4.50. The summed E-state index contributed by atoms with van der Waals surface area (Å²) < 4.78 is 35.8. The summed E-state index contributed by atoms with van der Waals surface area (Å²) in [5, 5.41) is 11.7. The van der Waals surface area contributed by atoms with Gasteiger partial charge in [0.05, 0.1) is 23.0 Å². The van der Waals surface area contributed by atoms with Crippen LogP contribution >= 0.6 is 34.5 Å². The number of aliphatic carboxylic acids is 1. The summed E-state index contributed by atoms with van der Waals surface area (Å²) in [5.74, 6) is 1.18. The highest BCUT2D eigenvalue weighted by Gasteiger charge is 2.18. The number of rotatable bonds is 12. The van der Waals surface area contributed by atoms with Gasteiger partial charge in [0.15, 0.2) is 16.1 Å². The number of nitrogens with zero attached hydrogens (tertiary/aromatic N) is 2. The number of thiazole rings is 1. The Morgan fingerprint density at radius 3 is 2.70 bits per heavy atom. The molecule has 0 bridgehead atoms. The van der Waals surface area contributed by atoms with Crippen molar-refractivity contribution in [3.63, 3.8) is 0 Å². The lowest BCUT2D eigenvalue weighted by Crippen LogP contribution is -2.31. The van der Waals surface area contributed by atoms with Gasteiger partial charge in [0.1, 0.15) is 17.3 Å². The minimum atomic E-state index is -1.91. The second kappa shape index (κ2) is 15.5. The Hall–Kier alpha value is -2.68. The van der Waals surface area contributed by atoms with E-state index in [2.05, 4.69) is 15.6 Å². The van der Waals surface area contributed by atoms with Crippen molar-refractivity contribution in [2.45, 2.75) is 31.6 Å². The van der Waals surface area contributed by atoms with Crippen LogP contribution in [-0.2, 0) is 22.2 Å². The lowest BCUT2D eigenvalue weighted by molar-refractivity contribution is -0.138. The third kappa shape index (κ3) is 9.61. The predicted molar refractivity (Wildman–Crippen MR) is 148 cm³/mol. The number of aromatic nitrogens is 1. The maximum atomic E-state index is 14.8. The van der Waals surface area contributed by atoms with Crippen LogP contribution in [0.4, 0.5) is 9.52 Å². The molecule has 0 amide bonds. The number of ether oxygens (including phenoxy) is 1. The number of nitrogens with one attached hydrogen (secondary N) is 1. The molecule has 3 aromatic rings. The molecule has 1 heterocycles. The molecule has 37 heavy (non-hydrogen) atoms. The Labute approximate surface area is 232 Å². The van der Waals surface area contributed by atoms with Crippen molar-refractivity contribution in [1.29, 1.82) is 0 Å². The summed E-state index contributed by atoms with van der Waals surface area (Å²) >= 11 is 13.7. The Kier molecular flexibility index (Phi) is 12.8. The Balaban J connectivity index is 0.00000235. The maximum absolute atomic E-state index is 14.8. The molecular weight excluding hydrogens is 560 g/mol. The molecule has 0 aliphatic heterocycles. The molecule has 0 saturated carbocycles. The molecule has 1 atom stereocenters. The highest BCUT2D eigenvalue weighted by Crippen LogP contribution is 2.35. The van der Waals surface area contributed by atoms with E-state index in [9.17, 15) is 13.4 Å². The quantitative estimate of drug-likeness (QED) is 0.236. The SMILES string of the molecule is C#CCN(CCCc1cc(Cl)ccc1Oc1cc(F)c(S(=O)Nc2nccs2)cc1Cl)CC(=O)O.CC. The summed E-state index contributed by atoms with van der Waals surface area (Å²) in [6.07, 6.45) is 7.92. The number of hydrogen-bond acceptors (Lipinski definition) is 6. The molecule has 0 aliphatic carbocycles. The van der Waals surface area contributed by atoms with Gasteiger partial charge in [-0.25, -0.2) is 13.6 Å². The number of anilines is 1. The van der Waals surface area contributed by atoms with E-state index < -0.39 is 22.8 Å². The summed E-state index contributed by atoms with van der Waals surface area (Å²) in [5.41, 5.74) is 0.725. The van der Waals surface area contributed by atoms with Crippen LogP contribution in [0.1, 0.15) is 25.8 Å². The zero-order valence-corrected chi connectivity index (χ0v) is 23.3. The van der Waals surface area contributed by atoms with Crippen LogP contribution in [0.3, 0.4) is 0 Å². The average Bonchev–Trinajstić information content (AvgIpc) is 3.36. The first-order valence-electron chi connectivity index (χ1n) is 11.2. The molecule has 2 N–H and O–H groups in total. The van der Waals surface area contributed by atoms with Crippen molar-refractivity contribution in [3.8, 4) is 23.8 Å². The van der Waals surface area contributed by atoms with E-state index >= 15 is 0 Å². The number of hydrogen-bond donors (Lipinski definition) is 2. The molecule has 7 nitrogen and oxygen atoms in total. The Bertz CT molecular complexity index is 1250. The monoisotopic (exact) mass is 585 g/mol. The van der Waals surface area contributed by atoms with Gasteiger partial charge < -0.3 is 9.84 Å². The molecule has 0 fully saturated rings. The zero-order chi connectivity index (χ0) is 27.4. The van der Waals surface area contributed by atoms with Crippen molar-refractivity contribution < 1.29 is 23.2 Å². The first-order valence-corrected chi connectivity index (χ1v) is 14.0. The highest BCUT2D eigenvalue weighted by atomic mass is 35.5. The number of terminal acetylenes is 1. The van der Waals surface area contributed by atoms with Crippen molar-refractivity contribution in [2.75, 3.05) is 24.4 Å². The normalized spacial score (nSPS) is 11.3. The molecule has 0 saturated heterocycles. The van der Waals surface area contributed by atoms with Crippen LogP contribution in [0.15, 0.2) is 46.8 Å². The fourth-order valence-corrected chi connectivity index (χ4v) is 5.16. The van der Waals surface area contributed by atoms with E-state index in [1.165, 1.54) is 23.6 Å². The topological polar surface area (TPSA) is 91.8 Å². The second-order valence-corrected chi connectivity index (χ2v) is 10.1. The molecule has 1 unspecified atom stereocenters. The molecule has 3 rings (SSSR count). The first-order chi connectivity index (χ1) is 17.8. The van der Waals surface area contributed by atoms with Crippen molar-refractivity contribution >= 4 is 56.6 Å². The van der Waals surface area contributed by atoms with Crippen LogP contribution in [0.25, 0.3) is 0 Å². The molecule has 0 aliphatic rings. The van der Waals surface area contributed by atoms with Crippen LogP contribution in [-0.4, -0.2) is 44.8 Å². The first kappa shape index (κ1) is 30.5. The number of halogens is 3. The second-order valence-electron chi connectivity index (χ2n) is 7.19. The van der Waals surface area contributed by atoms with E-state index in [-0.39, 0.29) is 28.8 Å². The lowest BCUT2D eigenvalue weighted by atomic mass is 10.1. The molecule has 2 aromatic carbocycles. The fourth-order valence-electron chi connectivity index (χ4n) is 3.13. The van der Waals surface area contributed by atoms with Gasteiger partial charge in [-0.1, -0.05) is 43.0 Å². The van der Waals surface area contributed by atoms with Gasteiger partial charge in [0.2, 0.25) is 0 Å². The maximum Gasteiger partial charge on any atom is 0.317 e. The molecule has 0 radical (unpaired) electrons. The van der Waals surface area contributed by atoms with Crippen LogP contribution in [0.5, 0.6) is 11.5 Å². The van der Waals surface area contributed by atoms with Gasteiger partial charge in [-0.15, -0.1) is 17.8 Å². The third-order valence-electron chi connectivity index (χ3n) is 4.64. The smallest absolute Gasteiger partial charge is 0.317 e. The number of aryl methyl sites for hydroxylation is 1. The fraction of sp³-hybridized carbons (Fsp3) is 0.280. The van der Waals surface area contributed by atoms with Gasteiger partial charge in [0.25, 0.3) is 0 Å². The van der Waals surface area contributed by atoms with Gasteiger partial charge in [0, 0.05) is 29.2 Å². The van der Waals surface area contributed by atoms with E-state index in [1.807, 2.05) is 13.8 Å². The van der Waals surface area contributed by atoms with Gasteiger partial charge in [-0.3, -0.25) is 14.4 Å². The molecule has 1 aromatic heterocycles. The van der Waals surface area contributed by atoms with Gasteiger partial charge >= 0.3 is 5.97 Å². The minimum absolute atomic E-state index is 0.0440.